The van der Waals surface area contributed by atoms with Crippen molar-refractivity contribution >= 4 is 17.3 Å². The van der Waals surface area contributed by atoms with Gasteiger partial charge in [-0.25, -0.2) is 0 Å². The molecule has 1 heterocycles. The molecule has 0 fully saturated rings. The summed E-state index contributed by atoms with van der Waals surface area (Å²) in [6.07, 6.45) is -0.628. The van der Waals surface area contributed by atoms with Gasteiger partial charge in [0.25, 0.3) is 11.6 Å². The molecule has 7 nitrogen and oxygen atoms in total. The molecular weight excluding hydrogens is 252 g/mol. The molecule has 1 aliphatic heterocycles. The molecule has 0 saturated heterocycles. The van der Waals surface area contributed by atoms with Crippen molar-refractivity contribution in [2.45, 2.75) is 19.4 Å². The van der Waals surface area contributed by atoms with Crippen LogP contribution in [-0.2, 0) is 4.79 Å². The van der Waals surface area contributed by atoms with E-state index in [1.807, 2.05) is 6.92 Å². The number of aliphatic hydroxyl groups excluding tert-OH is 1. The summed E-state index contributed by atoms with van der Waals surface area (Å²) in [5.74, 6) is 0.0620. The molecule has 1 atom stereocenters. The first-order valence-corrected chi connectivity index (χ1v) is 5.95. The van der Waals surface area contributed by atoms with Gasteiger partial charge in [0.2, 0.25) is 0 Å². The van der Waals surface area contributed by atoms with Crippen molar-refractivity contribution in [3.05, 3.63) is 28.3 Å². The van der Waals surface area contributed by atoms with Crippen molar-refractivity contribution in [1.82, 2.24) is 0 Å². The molecule has 1 unspecified atom stereocenters. The van der Waals surface area contributed by atoms with Crippen molar-refractivity contribution in [3.63, 3.8) is 0 Å². The lowest BCUT2D eigenvalue weighted by atomic mass is 10.1. The molecule has 2 rings (SSSR count). The molecule has 1 aromatic carbocycles. The highest BCUT2D eigenvalue weighted by atomic mass is 16.6. The number of nitro groups is 1. The first-order valence-electron chi connectivity index (χ1n) is 5.95. The molecule has 1 aromatic rings. The van der Waals surface area contributed by atoms with Crippen LogP contribution < -0.4 is 9.64 Å². The lowest BCUT2D eigenvalue weighted by Gasteiger charge is -2.33. The van der Waals surface area contributed by atoms with E-state index in [2.05, 4.69) is 0 Å². The summed E-state index contributed by atoms with van der Waals surface area (Å²) in [6.45, 7) is 2.07. The van der Waals surface area contributed by atoms with E-state index in [9.17, 15) is 14.9 Å². The van der Waals surface area contributed by atoms with Crippen LogP contribution in [0.25, 0.3) is 0 Å². The summed E-state index contributed by atoms with van der Waals surface area (Å²) in [7, 11) is 0. The zero-order chi connectivity index (χ0) is 14.0. The molecule has 0 aromatic heterocycles. The first kappa shape index (κ1) is 13.3. The van der Waals surface area contributed by atoms with Crippen LogP contribution in [0.1, 0.15) is 13.3 Å². The predicted octanol–water partition coefficient (Wildman–Crippen LogP) is 1.09. The van der Waals surface area contributed by atoms with Gasteiger partial charge in [-0.05, 0) is 13.0 Å². The van der Waals surface area contributed by atoms with Crippen molar-refractivity contribution in [2.75, 3.05) is 18.1 Å². The van der Waals surface area contributed by atoms with E-state index in [1.165, 1.54) is 23.1 Å². The Kier molecular flexibility index (Phi) is 3.66. The Morgan fingerprint density at radius 3 is 2.84 bits per heavy atom. The Hall–Kier alpha value is -2.15. The largest absolute Gasteiger partial charge is 0.478 e. The van der Waals surface area contributed by atoms with Crippen molar-refractivity contribution in [3.8, 4) is 5.75 Å². The third-order valence-electron chi connectivity index (χ3n) is 2.96. The van der Waals surface area contributed by atoms with Crippen LogP contribution in [0.15, 0.2) is 18.2 Å². The van der Waals surface area contributed by atoms with Gasteiger partial charge in [0, 0.05) is 25.6 Å². The van der Waals surface area contributed by atoms with Crippen LogP contribution in [-0.4, -0.2) is 35.2 Å². The number of carbonyl (C=O) groups is 1. The number of fused-ring (bicyclic) bond motifs is 1. The summed E-state index contributed by atoms with van der Waals surface area (Å²) in [5, 5.41) is 19.7. The number of nitrogens with zero attached hydrogens (tertiary/aromatic N) is 2. The van der Waals surface area contributed by atoms with Crippen molar-refractivity contribution in [1.29, 1.82) is 0 Å². The van der Waals surface area contributed by atoms with E-state index < -0.39 is 11.0 Å². The normalized spacial score (nSPS) is 17.9. The van der Waals surface area contributed by atoms with Crippen molar-refractivity contribution < 1.29 is 19.6 Å². The molecule has 0 radical (unpaired) electrons. The number of ether oxygens (including phenoxy) is 1. The quantitative estimate of drug-likeness (QED) is 0.650. The fourth-order valence-corrected chi connectivity index (χ4v) is 2.06. The van der Waals surface area contributed by atoms with Crippen LogP contribution >= 0.6 is 0 Å². The number of likely N-dealkylation sites (N-methyl/N-ethyl adjacent to an activating group) is 1. The minimum atomic E-state index is -0.792. The monoisotopic (exact) mass is 266 g/mol. The average molecular weight is 266 g/mol. The number of hydrogen-bond donors (Lipinski definition) is 1. The number of carbonyl (C=O) groups excluding carboxylic acids is 1. The maximum Gasteiger partial charge on any atom is 0.273 e. The molecule has 0 aliphatic carbocycles. The molecule has 1 aliphatic rings. The van der Waals surface area contributed by atoms with Gasteiger partial charge in [0.1, 0.15) is 0 Å². The summed E-state index contributed by atoms with van der Waals surface area (Å²) in [4.78, 5) is 23.8. The average Bonchev–Trinajstić information content (AvgIpc) is 2.39. The van der Waals surface area contributed by atoms with Crippen molar-refractivity contribution in [2.24, 2.45) is 0 Å². The highest BCUT2D eigenvalue weighted by Gasteiger charge is 2.34. The van der Waals surface area contributed by atoms with Gasteiger partial charge in [-0.15, -0.1) is 0 Å². The van der Waals surface area contributed by atoms with E-state index in [-0.39, 0.29) is 24.6 Å². The van der Waals surface area contributed by atoms with Gasteiger partial charge in [-0.3, -0.25) is 14.9 Å². The van der Waals surface area contributed by atoms with Crippen LogP contribution in [0.2, 0.25) is 0 Å². The van der Waals surface area contributed by atoms with Crippen LogP contribution in [0.4, 0.5) is 11.4 Å². The maximum absolute atomic E-state index is 12.1. The van der Waals surface area contributed by atoms with E-state index in [4.69, 9.17) is 9.84 Å². The lowest BCUT2D eigenvalue weighted by Crippen LogP contribution is -2.46. The molecule has 7 heteroatoms. The summed E-state index contributed by atoms with van der Waals surface area (Å²) < 4.78 is 5.45. The minimum Gasteiger partial charge on any atom is -0.478 e. The van der Waals surface area contributed by atoms with Gasteiger partial charge in [0.15, 0.2) is 11.9 Å². The number of aliphatic hydroxyl groups is 1. The molecule has 102 valence electrons. The van der Waals surface area contributed by atoms with E-state index in [0.29, 0.717) is 18.0 Å². The van der Waals surface area contributed by atoms with Crippen LogP contribution in [0, 0.1) is 10.1 Å². The molecule has 1 N–H and O–H groups in total. The number of amides is 1. The Morgan fingerprint density at radius 2 is 2.26 bits per heavy atom. The number of benzene rings is 1. The van der Waals surface area contributed by atoms with Gasteiger partial charge >= 0.3 is 0 Å². The highest BCUT2D eigenvalue weighted by molar-refractivity contribution is 6.00. The minimum absolute atomic E-state index is 0.0908. The molecule has 0 saturated carbocycles. The summed E-state index contributed by atoms with van der Waals surface area (Å²) in [6, 6.07) is 4.14. The zero-order valence-electron chi connectivity index (χ0n) is 10.4. The second-order valence-corrected chi connectivity index (χ2v) is 4.11. The van der Waals surface area contributed by atoms with E-state index >= 15 is 0 Å². The van der Waals surface area contributed by atoms with Crippen LogP contribution in [0.3, 0.4) is 0 Å². The highest BCUT2D eigenvalue weighted by Crippen LogP contribution is 2.37. The Labute approximate surface area is 109 Å². The van der Waals surface area contributed by atoms with E-state index in [0.717, 1.165) is 0 Å². The lowest BCUT2D eigenvalue weighted by molar-refractivity contribution is -0.384. The summed E-state index contributed by atoms with van der Waals surface area (Å²) in [5.41, 5.74) is 0.430. The second-order valence-electron chi connectivity index (χ2n) is 4.11. The number of non-ortho nitro benzene ring substituents is 1. The Balaban J connectivity index is 2.42. The summed E-state index contributed by atoms with van der Waals surface area (Å²) >= 11 is 0. The second kappa shape index (κ2) is 5.23. The number of nitro benzene ring substituents is 1. The smallest absolute Gasteiger partial charge is 0.273 e. The molecule has 0 bridgehead atoms. The Morgan fingerprint density at radius 1 is 1.53 bits per heavy atom. The van der Waals surface area contributed by atoms with Gasteiger partial charge in [0.05, 0.1) is 16.7 Å². The molecule has 0 spiro atoms. The number of hydrogen-bond acceptors (Lipinski definition) is 5. The van der Waals surface area contributed by atoms with Gasteiger partial charge in [-0.1, -0.05) is 0 Å². The zero-order valence-corrected chi connectivity index (χ0v) is 10.4. The van der Waals surface area contributed by atoms with Gasteiger partial charge < -0.3 is 14.7 Å². The fourth-order valence-electron chi connectivity index (χ4n) is 2.06. The van der Waals surface area contributed by atoms with Gasteiger partial charge in [-0.2, -0.15) is 0 Å². The SMILES string of the molecule is CCN1C(=O)C(CCO)Oc2cc([N+](=O)[O-])ccc21. The number of anilines is 1. The topological polar surface area (TPSA) is 92.9 Å². The predicted molar refractivity (Wildman–Crippen MR) is 67.2 cm³/mol. The maximum atomic E-state index is 12.1. The van der Waals surface area contributed by atoms with Crippen LogP contribution in [0.5, 0.6) is 5.75 Å². The molecular formula is C12H14N2O5. The standard InChI is InChI=1S/C12H14N2O5/c1-2-13-9-4-3-8(14(17)18)7-11(9)19-10(5-6-15)12(13)16/h3-4,7,10,15H,2,5-6H2,1H3. The molecule has 1 amide bonds. The van der Waals surface area contributed by atoms with E-state index in [1.54, 1.807) is 0 Å². The third-order valence-corrected chi connectivity index (χ3v) is 2.96. The fraction of sp³-hybridized carbons (Fsp3) is 0.417. The molecule has 19 heavy (non-hydrogen) atoms. The first-order chi connectivity index (χ1) is 9.08. The number of rotatable bonds is 4. The Bertz CT molecular complexity index is 517. The third kappa shape index (κ3) is 2.37.